The lowest BCUT2D eigenvalue weighted by Crippen LogP contribution is -2.12. The van der Waals surface area contributed by atoms with Crippen molar-refractivity contribution in [3.63, 3.8) is 0 Å². The maximum atomic E-state index is 13.3. The molecule has 0 atom stereocenters. The number of carbonyl (C=O) groups excluding carboxylic acids is 1. The Bertz CT molecular complexity index is 535. The molecule has 2 heterocycles. The third-order valence-electron chi connectivity index (χ3n) is 1.97. The molecular weight excluding hydrogens is 279 g/mol. The van der Waals surface area contributed by atoms with E-state index in [0.29, 0.717) is 0 Å². The minimum atomic E-state index is -0.666. The molecule has 0 aliphatic heterocycles. The molecular formula is C9H6BrFN4O. The third-order valence-corrected chi connectivity index (χ3v) is 2.51. The lowest BCUT2D eigenvalue weighted by atomic mass is 10.2. The van der Waals surface area contributed by atoms with Crippen molar-refractivity contribution in [1.29, 1.82) is 0 Å². The Kier molecular flexibility index (Phi) is 2.78. The van der Waals surface area contributed by atoms with E-state index < -0.39 is 11.6 Å². The van der Waals surface area contributed by atoms with Crippen molar-refractivity contribution in [3.05, 3.63) is 40.1 Å². The van der Waals surface area contributed by atoms with Gasteiger partial charge in [-0.3, -0.25) is 4.79 Å². The summed E-state index contributed by atoms with van der Waals surface area (Å²) in [5.41, 5.74) is -0.0776. The van der Waals surface area contributed by atoms with Gasteiger partial charge in [0.15, 0.2) is 10.4 Å². The van der Waals surface area contributed by atoms with Crippen LogP contribution in [-0.4, -0.2) is 25.8 Å². The molecule has 0 spiro atoms. The van der Waals surface area contributed by atoms with E-state index in [1.165, 1.54) is 23.0 Å². The number of aromatic nitrogens is 4. The zero-order chi connectivity index (χ0) is 11.7. The highest BCUT2D eigenvalue weighted by Gasteiger charge is 2.22. The fraction of sp³-hybridized carbons (Fsp3) is 0.111. The predicted octanol–water partition coefficient (Wildman–Crippen LogP) is 1.34. The molecule has 0 radical (unpaired) electrons. The summed E-state index contributed by atoms with van der Waals surface area (Å²) in [5.74, 6) is -1.22. The van der Waals surface area contributed by atoms with Crippen molar-refractivity contribution in [3.8, 4) is 0 Å². The molecule has 0 aliphatic carbocycles. The van der Waals surface area contributed by atoms with Gasteiger partial charge in [-0.15, -0.1) is 5.10 Å². The first-order valence-corrected chi connectivity index (χ1v) is 5.11. The van der Waals surface area contributed by atoms with E-state index in [1.54, 1.807) is 7.05 Å². The van der Waals surface area contributed by atoms with Crippen molar-refractivity contribution in [2.45, 2.75) is 0 Å². The highest BCUT2D eigenvalue weighted by molar-refractivity contribution is 9.10. The van der Waals surface area contributed by atoms with Crippen LogP contribution < -0.4 is 0 Å². The highest BCUT2D eigenvalue weighted by Crippen LogP contribution is 2.16. The molecule has 7 heteroatoms. The summed E-state index contributed by atoms with van der Waals surface area (Å²) >= 11 is 3.07. The van der Waals surface area contributed by atoms with E-state index in [0.717, 1.165) is 0 Å². The Morgan fingerprint density at radius 2 is 2.31 bits per heavy atom. The number of pyridine rings is 1. The summed E-state index contributed by atoms with van der Waals surface area (Å²) in [6.45, 7) is 0. The minimum absolute atomic E-state index is 0.164. The van der Waals surface area contributed by atoms with Crippen molar-refractivity contribution < 1.29 is 9.18 Å². The Labute approximate surface area is 98.4 Å². The molecule has 0 bridgehead atoms. The smallest absolute Gasteiger partial charge is 0.235 e. The van der Waals surface area contributed by atoms with Crippen LogP contribution in [-0.2, 0) is 7.05 Å². The second-order valence-corrected chi connectivity index (χ2v) is 3.77. The number of halogens is 2. The second-order valence-electron chi connectivity index (χ2n) is 3.02. The summed E-state index contributed by atoms with van der Waals surface area (Å²) in [6, 6.07) is 2.60. The zero-order valence-electron chi connectivity index (χ0n) is 8.19. The van der Waals surface area contributed by atoms with Crippen molar-refractivity contribution in [1.82, 2.24) is 20.0 Å². The van der Waals surface area contributed by atoms with Gasteiger partial charge in [-0.05, 0) is 28.1 Å². The number of aryl methyl sites for hydroxylation is 1. The highest BCUT2D eigenvalue weighted by atomic mass is 79.9. The van der Waals surface area contributed by atoms with Gasteiger partial charge in [0.05, 0.1) is 0 Å². The van der Waals surface area contributed by atoms with E-state index in [-0.39, 0.29) is 16.0 Å². The molecule has 0 amide bonds. The van der Waals surface area contributed by atoms with Gasteiger partial charge in [-0.1, -0.05) is 5.21 Å². The van der Waals surface area contributed by atoms with Crippen LogP contribution in [0.15, 0.2) is 22.9 Å². The number of hydrogen-bond acceptors (Lipinski definition) is 4. The van der Waals surface area contributed by atoms with E-state index >= 15 is 0 Å². The van der Waals surface area contributed by atoms with Crippen LogP contribution in [0.4, 0.5) is 4.39 Å². The number of nitrogens with zero attached hydrogens (tertiary/aromatic N) is 4. The van der Waals surface area contributed by atoms with Crippen LogP contribution in [0.25, 0.3) is 0 Å². The van der Waals surface area contributed by atoms with Crippen molar-refractivity contribution in [2.24, 2.45) is 7.05 Å². The standard InChI is InChI=1S/C9H6BrFN4O/c1-15-7(9(10)13-14-15)8(16)6-5(11)3-2-4-12-6/h2-4H,1H3. The van der Waals surface area contributed by atoms with Gasteiger partial charge >= 0.3 is 0 Å². The average Bonchev–Trinajstić information content (AvgIpc) is 2.58. The van der Waals surface area contributed by atoms with Crippen LogP contribution in [0.1, 0.15) is 16.2 Å². The molecule has 5 nitrogen and oxygen atoms in total. The lowest BCUT2D eigenvalue weighted by Gasteiger charge is -2.01. The number of rotatable bonds is 2. The maximum absolute atomic E-state index is 13.3. The topological polar surface area (TPSA) is 60.7 Å². The fourth-order valence-electron chi connectivity index (χ4n) is 1.24. The van der Waals surface area contributed by atoms with E-state index in [9.17, 15) is 9.18 Å². The Morgan fingerprint density at radius 3 is 2.88 bits per heavy atom. The van der Waals surface area contributed by atoms with E-state index in [4.69, 9.17) is 0 Å². The third kappa shape index (κ3) is 1.73. The molecule has 2 aromatic rings. The summed E-state index contributed by atoms with van der Waals surface area (Å²) in [4.78, 5) is 15.6. The normalized spacial score (nSPS) is 10.4. The molecule has 0 unspecified atom stereocenters. The van der Waals surface area contributed by atoms with E-state index in [1.807, 2.05) is 0 Å². The second kappa shape index (κ2) is 4.09. The summed E-state index contributed by atoms with van der Waals surface area (Å²) in [5, 5.41) is 7.29. The first-order chi connectivity index (χ1) is 7.61. The van der Waals surface area contributed by atoms with Crippen LogP contribution in [0.2, 0.25) is 0 Å². The first-order valence-electron chi connectivity index (χ1n) is 4.31. The molecule has 16 heavy (non-hydrogen) atoms. The SMILES string of the molecule is Cn1nnc(Br)c1C(=O)c1ncccc1F. The van der Waals surface area contributed by atoms with Gasteiger partial charge in [0.1, 0.15) is 11.4 Å². The first kappa shape index (κ1) is 10.9. The van der Waals surface area contributed by atoms with Crippen LogP contribution in [0, 0.1) is 5.82 Å². The van der Waals surface area contributed by atoms with Gasteiger partial charge in [-0.25, -0.2) is 14.1 Å². The quantitative estimate of drug-likeness (QED) is 0.781. The molecule has 0 saturated heterocycles. The Morgan fingerprint density at radius 1 is 1.56 bits per heavy atom. The van der Waals surface area contributed by atoms with Gasteiger partial charge < -0.3 is 0 Å². The molecule has 0 aromatic carbocycles. The van der Waals surface area contributed by atoms with Crippen molar-refractivity contribution in [2.75, 3.05) is 0 Å². The molecule has 0 fully saturated rings. The number of carbonyl (C=O) groups is 1. The minimum Gasteiger partial charge on any atom is -0.285 e. The van der Waals surface area contributed by atoms with Crippen LogP contribution >= 0.6 is 15.9 Å². The zero-order valence-corrected chi connectivity index (χ0v) is 9.77. The predicted molar refractivity (Wildman–Crippen MR) is 56.3 cm³/mol. The molecule has 2 rings (SSSR count). The molecule has 0 saturated carbocycles. The van der Waals surface area contributed by atoms with Crippen molar-refractivity contribution >= 4 is 21.7 Å². The Hall–Kier alpha value is -1.63. The summed E-state index contributed by atoms with van der Waals surface area (Å²) in [7, 11) is 1.55. The lowest BCUT2D eigenvalue weighted by molar-refractivity contribution is 0.102. The van der Waals surface area contributed by atoms with Gasteiger partial charge in [0, 0.05) is 13.2 Å². The molecule has 2 aromatic heterocycles. The molecule has 82 valence electrons. The largest absolute Gasteiger partial charge is 0.285 e. The molecule has 0 aliphatic rings. The maximum Gasteiger partial charge on any atom is 0.235 e. The Balaban J connectivity index is 2.52. The van der Waals surface area contributed by atoms with Crippen LogP contribution in [0.5, 0.6) is 0 Å². The summed E-state index contributed by atoms with van der Waals surface area (Å²) in [6.07, 6.45) is 1.36. The van der Waals surface area contributed by atoms with E-state index in [2.05, 4.69) is 31.2 Å². The average molecular weight is 285 g/mol. The van der Waals surface area contributed by atoms with Gasteiger partial charge in [-0.2, -0.15) is 0 Å². The fourth-order valence-corrected chi connectivity index (χ4v) is 1.75. The van der Waals surface area contributed by atoms with Gasteiger partial charge in [0.25, 0.3) is 0 Å². The number of hydrogen-bond donors (Lipinski definition) is 0. The monoisotopic (exact) mass is 284 g/mol. The summed E-state index contributed by atoms with van der Waals surface area (Å²) < 4.78 is 14.9. The molecule has 0 N–H and O–H groups in total. The van der Waals surface area contributed by atoms with Crippen LogP contribution in [0.3, 0.4) is 0 Å². The van der Waals surface area contributed by atoms with Gasteiger partial charge in [0.2, 0.25) is 5.78 Å². The number of ketones is 1.